The summed E-state index contributed by atoms with van der Waals surface area (Å²) in [5, 5.41) is 50.5. The van der Waals surface area contributed by atoms with E-state index in [1.165, 1.54) is 20.8 Å². The molecule has 0 heterocycles. The van der Waals surface area contributed by atoms with E-state index in [4.69, 9.17) is 30.6 Å². The number of hydrogen-bond donors (Lipinski definition) is 6. The van der Waals surface area contributed by atoms with E-state index in [-0.39, 0.29) is 42.0 Å². The van der Waals surface area contributed by atoms with E-state index in [9.17, 15) is 14.4 Å². The first-order chi connectivity index (χ1) is 13.7. The molecule has 9 nitrogen and oxygen atoms in total. The highest BCUT2D eigenvalue weighted by molar-refractivity contribution is 5.85. The molecular weight excluding hydrogens is 396 g/mol. The first kappa shape index (κ1) is 35.0. The lowest BCUT2D eigenvalue weighted by Gasteiger charge is -2.29. The van der Waals surface area contributed by atoms with Gasteiger partial charge in [-0.25, -0.2) is 14.4 Å². The molecule has 0 rings (SSSR count). The van der Waals surface area contributed by atoms with Crippen LogP contribution in [0.3, 0.4) is 0 Å². The highest BCUT2D eigenvalue weighted by Gasteiger charge is 2.26. The van der Waals surface area contributed by atoms with Crippen LogP contribution in [0.1, 0.15) is 53.4 Å². The lowest BCUT2D eigenvalue weighted by molar-refractivity contribution is -0.133. The van der Waals surface area contributed by atoms with Gasteiger partial charge in [0.2, 0.25) is 0 Å². The van der Waals surface area contributed by atoms with Crippen LogP contribution in [0.2, 0.25) is 0 Å². The number of hydrogen-bond acceptors (Lipinski definition) is 6. The number of rotatable bonds is 10. The predicted molar refractivity (Wildman–Crippen MR) is 115 cm³/mol. The monoisotopic (exact) mass is 434 g/mol. The molecule has 6 N–H and O–H groups in total. The number of carboxylic acid groups (broad SMARTS) is 3. The Balaban J connectivity index is -0.000000161. The molecule has 0 aromatic carbocycles. The Bertz CT molecular complexity index is 454. The molecule has 0 aliphatic rings. The molecule has 9 heteroatoms. The first-order valence-electron chi connectivity index (χ1n) is 9.16. The Labute approximate surface area is 178 Å². The van der Waals surface area contributed by atoms with Crippen LogP contribution in [0.25, 0.3) is 0 Å². The normalized spacial score (nSPS) is 9.30. The van der Waals surface area contributed by atoms with E-state index >= 15 is 0 Å². The summed E-state index contributed by atoms with van der Waals surface area (Å²) in [6.07, 6.45) is 3.12. The fourth-order valence-corrected chi connectivity index (χ4v) is 1.48. The molecule has 0 bridgehead atoms. The van der Waals surface area contributed by atoms with Gasteiger partial charge in [-0.2, -0.15) is 0 Å². The zero-order valence-electron chi connectivity index (χ0n) is 18.5. The Morgan fingerprint density at radius 1 is 0.700 bits per heavy atom. The van der Waals surface area contributed by atoms with Crippen LogP contribution < -0.4 is 0 Å². The number of carbonyl (C=O) groups is 3. The van der Waals surface area contributed by atoms with Gasteiger partial charge in [0.05, 0.1) is 13.2 Å². The molecule has 0 saturated heterocycles. The van der Waals surface area contributed by atoms with E-state index in [2.05, 4.69) is 19.7 Å². The molecule has 0 aromatic rings. The summed E-state index contributed by atoms with van der Waals surface area (Å²) in [6, 6.07) is 0. The second kappa shape index (κ2) is 21.2. The van der Waals surface area contributed by atoms with Gasteiger partial charge in [-0.15, -0.1) is 0 Å². The Morgan fingerprint density at radius 2 is 0.967 bits per heavy atom. The highest BCUT2D eigenvalue weighted by Crippen LogP contribution is 2.28. The molecule has 30 heavy (non-hydrogen) atoms. The summed E-state index contributed by atoms with van der Waals surface area (Å²) < 4.78 is 0. The van der Waals surface area contributed by atoms with E-state index in [0.29, 0.717) is 12.8 Å². The number of aliphatic hydroxyl groups excluding tert-OH is 3. The smallest absolute Gasteiger partial charge is 0.330 e. The third-order valence-electron chi connectivity index (χ3n) is 3.41. The third kappa shape index (κ3) is 25.5. The number of aliphatic carboxylic acids is 3. The van der Waals surface area contributed by atoms with Crippen LogP contribution in [-0.4, -0.2) is 68.4 Å². The van der Waals surface area contributed by atoms with Crippen molar-refractivity contribution >= 4 is 17.9 Å². The lowest BCUT2D eigenvalue weighted by atomic mass is 9.81. The van der Waals surface area contributed by atoms with Gasteiger partial charge in [0.15, 0.2) is 0 Å². The van der Waals surface area contributed by atoms with Crippen LogP contribution in [0.5, 0.6) is 0 Å². The quantitative estimate of drug-likeness (QED) is 0.282. The van der Waals surface area contributed by atoms with Gasteiger partial charge < -0.3 is 30.6 Å². The third-order valence-corrected chi connectivity index (χ3v) is 3.41. The maximum Gasteiger partial charge on any atom is 0.330 e. The summed E-state index contributed by atoms with van der Waals surface area (Å²) in [6.45, 7) is 16.0. The van der Waals surface area contributed by atoms with Gasteiger partial charge in [0, 0.05) is 28.7 Å². The van der Waals surface area contributed by atoms with Crippen LogP contribution in [-0.2, 0) is 14.4 Å². The molecule has 0 aliphatic heterocycles. The largest absolute Gasteiger partial charge is 0.478 e. The standard InChI is InChI=1S/C9H20O3.3C4H6O2/c1-2-4-9(7-11,8-12)5-3-6-10;3*1-3(2)4(5)6/h10-12H,2-8H2,1H3;3*1H2,2H3,(H,5,6). The molecule has 0 atom stereocenters. The maximum atomic E-state index is 9.60. The van der Waals surface area contributed by atoms with Crippen molar-refractivity contribution in [1.82, 2.24) is 0 Å². The summed E-state index contributed by atoms with van der Waals surface area (Å²) in [4.78, 5) is 28.8. The second-order valence-electron chi connectivity index (χ2n) is 6.65. The molecule has 0 amide bonds. The van der Waals surface area contributed by atoms with E-state index in [0.717, 1.165) is 12.8 Å². The number of aliphatic hydroxyl groups is 3. The van der Waals surface area contributed by atoms with Crippen LogP contribution in [0, 0.1) is 5.41 Å². The van der Waals surface area contributed by atoms with Crippen molar-refractivity contribution in [2.24, 2.45) is 5.41 Å². The average molecular weight is 435 g/mol. The summed E-state index contributed by atoms with van der Waals surface area (Å²) >= 11 is 0. The summed E-state index contributed by atoms with van der Waals surface area (Å²) in [7, 11) is 0. The van der Waals surface area contributed by atoms with Crippen molar-refractivity contribution in [3.8, 4) is 0 Å². The van der Waals surface area contributed by atoms with Crippen molar-refractivity contribution in [3.05, 3.63) is 36.5 Å². The van der Waals surface area contributed by atoms with Crippen LogP contribution >= 0.6 is 0 Å². The Morgan fingerprint density at radius 3 is 1.10 bits per heavy atom. The first-order valence-corrected chi connectivity index (χ1v) is 9.16. The fourth-order valence-electron chi connectivity index (χ4n) is 1.48. The maximum absolute atomic E-state index is 9.60. The van der Waals surface area contributed by atoms with Crippen molar-refractivity contribution in [2.75, 3.05) is 19.8 Å². The minimum atomic E-state index is -0.935. The highest BCUT2D eigenvalue weighted by atomic mass is 16.4. The minimum Gasteiger partial charge on any atom is -0.478 e. The van der Waals surface area contributed by atoms with Gasteiger partial charge in [0.1, 0.15) is 0 Å². The topological polar surface area (TPSA) is 173 Å². The zero-order chi connectivity index (χ0) is 24.9. The fraction of sp³-hybridized carbons (Fsp3) is 0.571. The SMILES string of the molecule is C=C(C)C(=O)O.C=C(C)C(=O)O.C=C(C)C(=O)O.CCCC(CO)(CO)CCCO. The molecule has 0 fully saturated rings. The molecule has 0 saturated carbocycles. The van der Waals surface area contributed by atoms with Gasteiger partial charge >= 0.3 is 17.9 Å². The summed E-state index contributed by atoms with van der Waals surface area (Å²) in [5.41, 5.74) is 0.164. The van der Waals surface area contributed by atoms with E-state index < -0.39 is 17.9 Å². The van der Waals surface area contributed by atoms with Gasteiger partial charge in [-0.1, -0.05) is 33.1 Å². The molecule has 176 valence electrons. The second-order valence-corrected chi connectivity index (χ2v) is 6.65. The average Bonchev–Trinajstić information content (AvgIpc) is 2.66. The lowest BCUT2D eigenvalue weighted by Crippen LogP contribution is -2.30. The van der Waals surface area contributed by atoms with E-state index in [1.54, 1.807) is 0 Å². The van der Waals surface area contributed by atoms with Crippen LogP contribution in [0.4, 0.5) is 0 Å². The summed E-state index contributed by atoms with van der Waals surface area (Å²) in [5.74, 6) is -2.81. The van der Waals surface area contributed by atoms with Crippen molar-refractivity contribution in [1.29, 1.82) is 0 Å². The van der Waals surface area contributed by atoms with Crippen LogP contribution in [0.15, 0.2) is 36.5 Å². The van der Waals surface area contributed by atoms with Gasteiger partial charge in [-0.3, -0.25) is 0 Å². The molecule has 0 unspecified atom stereocenters. The van der Waals surface area contributed by atoms with Crippen molar-refractivity contribution in [2.45, 2.75) is 53.4 Å². The molecule has 0 aliphatic carbocycles. The number of carboxylic acids is 3. The van der Waals surface area contributed by atoms with Crippen molar-refractivity contribution in [3.63, 3.8) is 0 Å². The van der Waals surface area contributed by atoms with E-state index in [1.807, 2.05) is 6.92 Å². The molecule has 0 spiro atoms. The zero-order valence-corrected chi connectivity index (χ0v) is 18.5. The van der Waals surface area contributed by atoms with Crippen molar-refractivity contribution < 1.29 is 45.0 Å². The molecule has 0 radical (unpaired) electrons. The minimum absolute atomic E-state index is 0.0112. The van der Waals surface area contributed by atoms with Gasteiger partial charge in [0.25, 0.3) is 0 Å². The molecular formula is C21H38O9. The predicted octanol–water partition coefficient (Wildman–Crippen LogP) is 2.47. The molecule has 0 aromatic heterocycles. The Kier molecular flexibility index (Phi) is 24.7. The Hall–Kier alpha value is -2.49. The van der Waals surface area contributed by atoms with Gasteiger partial charge in [-0.05, 0) is 40.0 Å².